The van der Waals surface area contributed by atoms with E-state index in [9.17, 15) is 0 Å². The number of nitrogens with one attached hydrogen (secondary N) is 1. The Hall–Kier alpha value is -1.65. The fourth-order valence-corrected chi connectivity index (χ4v) is 3.28. The molecule has 3 rings (SSSR count). The predicted octanol–water partition coefficient (Wildman–Crippen LogP) is 3.35. The van der Waals surface area contributed by atoms with Crippen LogP contribution in [0.5, 0.6) is 0 Å². The zero-order valence-corrected chi connectivity index (χ0v) is 12.4. The van der Waals surface area contributed by atoms with E-state index in [0.717, 1.165) is 23.7 Å². The van der Waals surface area contributed by atoms with Crippen molar-refractivity contribution in [1.82, 2.24) is 15.2 Å². The maximum absolute atomic E-state index is 5.77. The van der Waals surface area contributed by atoms with Gasteiger partial charge in [0.15, 0.2) is 0 Å². The second kappa shape index (κ2) is 6.87. The molecule has 1 unspecified atom stereocenters. The number of rotatable bonds is 5. The van der Waals surface area contributed by atoms with Crippen molar-refractivity contribution in [2.45, 2.75) is 44.6 Å². The average molecular weight is 284 g/mol. The summed E-state index contributed by atoms with van der Waals surface area (Å²) < 4.78 is 1.92. The van der Waals surface area contributed by atoms with Gasteiger partial charge in [-0.3, -0.25) is 11.3 Å². The van der Waals surface area contributed by atoms with Crippen LogP contribution in [-0.2, 0) is 0 Å². The summed E-state index contributed by atoms with van der Waals surface area (Å²) in [5, 5.41) is 4.69. The summed E-state index contributed by atoms with van der Waals surface area (Å²) in [5.41, 5.74) is 5.07. The smallest absolute Gasteiger partial charge is 0.0812 e. The number of hydrazine groups is 1. The SMILES string of the molecule is NNC(CC1CCCCC1)c1ccn(-c2ccccc2)n1. The molecule has 1 aromatic carbocycles. The van der Waals surface area contributed by atoms with Gasteiger partial charge in [0.1, 0.15) is 0 Å². The van der Waals surface area contributed by atoms with Gasteiger partial charge < -0.3 is 0 Å². The second-order valence-electron chi connectivity index (χ2n) is 5.98. The van der Waals surface area contributed by atoms with Gasteiger partial charge in [-0.1, -0.05) is 50.3 Å². The molecule has 0 aliphatic heterocycles. The predicted molar refractivity (Wildman–Crippen MR) is 84.8 cm³/mol. The lowest BCUT2D eigenvalue weighted by Crippen LogP contribution is -2.30. The lowest BCUT2D eigenvalue weighted by molar-refractivity contribution is 0.298. The van der Waals surface area contributed by atoms with Crippen molar-refractivity contribution in [2.24, 2.45) is 11.8 Å². The van der Waals surface area contributed by atoms with Crippen LogP contribution in [-0.4, -0.2) is 9.78 Å². The van der Waals surface area contributed by atoms with Gasteiger partial charge in [0.2, 0.25) is 0 Å². The van der Waals surface area contributed by atoms with Crippen LogP contribution in [0.3, 0.4) is 0 Å². The van der Waals surface area contributed by atoms with Crippen LogP contribution in [0, 0.1) is 5.92 Å². The summed E-state index contributed by atoms with van der Waals surface area (Å²) in [7, 11) is 0. The van der Waals surface area contributed by atoms with Gasteiger partial charge in [-0.15, -0.1) is 0 Å². The van der Waals surface area contributed by atoms with Gasteiger partial charge in [-0.05, 0) is 30.5 Å². The van der Waals surface area contributed by atoms with E-state index in [4.69, 9.17) is 10.9 Å². The maximum atomic E-state index is 5.77. The van der Waals surface area contributed by atoms with Crippen molar-refractivity contribution in [3.63, 3.8) is 0 Å². The minimum atomic E-state index is 0.151. The summed E-state index contributed by atoms with van der Waals surface area (Å²) in [6.07, 6.45) is 9.87. The lowest BCUT2D eigenvalue weighted by atomic mass is 9.84. The number of hydrogen-bond donors (Lipinski definition) is 2. The van der Waals surface area contributed by atoms with Crippen molar-refractivity contribution < 1.29 is 0 Å². The van der Waals surface area contributed by atoms with Crippen molar-refractivity contribution in [2.75, 3.05) is 0 Å². The molecule has 2 aromatic rings. The molecule has 0 saturated heterocycles. The molecule has 3 N–H and O–H groups in total. The molecule has 4 heteroatoms. The molecule has 0 spiro atoms. The van der Waals surface area contributed by atoms with Crippen molar-refractivity contribution in [3.8, 4) is 5.69 Å². The molecular weight excluding hydrogens is 260 g/mol. The van der Waals surface area contributed by atoms with E-state index in [1.807, 2.05) is 29.1 Å². The van der Waals surface area contributed by atoms with Crippen LogP contribution in [0.15, 0.2) is 42.6 Å². The minimum absolute atomic E-state index is 0.151. The van der Waals surface area contributed by atoms with Gasteiger partial charge in [-0.25, -0.2) is 4.68 Å². The molecule has 21 heavy (non-hydrogen) atoms. The number of nitrogens with zero attached hydrogens (tertiary/aromatic N) is 2. The highest BCUT2D eigenvalue weighted by Gasteiger charge is 2.21. The zero-order chi connectivity index (χ0) is 14.5. The molecule has 1 aliphatic carbocycles. The Morgan fingerprint density at radius 3 is 2.62 bits per heavy atom. The highest BCUT2D eigenvalue weighted by molar-refractivity contribution is 5.30. The van der Waals surface area contributed by atoms with Crippen molar-refractivity contribution in [1.29, 1.82) is 0 Å². The third-order valence-electron chi connectivity index (χ3n) is 4.48. The van der Waals surface area contributed by atoms with Gasteiger partial charge >= 0.3 is 0 Å². The maximum Gasteiger partial charge on any atom is 0.0812 e. The molecule has 4 nitrogen and oxygen atoms in total. The highest BCUT2D eigenvalue weighted by atomic mass is 15.3. The summed E-state index contributed by atoms with van der Waals surface area (Å²) in [6, 6.07) is 12.4. The van der Waals surface area contributed by atoms with E-state index in [2.05, 4.69) is 23.6 Å². The van der Waals surface area contributed by atoms with E-state index in [-0.39, 0.29) is 6.04 Å². The standard InChI is InChI=1S/C17H24N4/c18-19-17(13-14-7-3-1-4-8-14)16-11-12-21(20-16)15-9-5-2-6-10-15/h2,5-6,9-12,14,17,19H,1,3-4,7-8,13,18H2. The molecule has 1 aliphatic rings. The Balaban J connectivity index is 1.71. The Morgan fingerprint density at radius 1 is 1.14 bits per heavy atom. The first-order chi connectivity index (χ1) is 10.4. The first kappa shape index (κ1) is 14.3. The van der Waals surface area contributed by atoms with E-state index in [1.165, 1.54) is 32.1 Å². The summed E-state index contributed by atoms with van der Waals surface area (Å²) in [5.74, 6) is 6.55. The van der Waals surface area contributed by atoms with Gasteiger partial charge in [0.05, 0.1) is 17.4 Å². The molecule has 0 bridgehead atoms. The Morgan fingerprint density at radius 2 is 1.90 bits per heavy atom. The van der Waals surface area contributed by atoms with Crippen LogP contribution < -0.4 is 11.3 Å². The molecule has 112 valence electrons. The van der Waals surface area contributed by atoms with Crippen LogP contribution in [0.2, 0.25) is 0 Å². The number of benzene rings is 1. The van der Waals surface area contributed by atoms with Crippen LogP contribution in [0.25, 0.3) is 5.69 Å². The Kier molecular flexibility index (Phi) is 4.68. The van der Waals surface area contributed by atoms with E-state index in [0.29, 0.717) is 0 Å². The van der Waals surface area contributed by atoms with E-state index < -0.39 is 0 Å². The van der Waals surface area contributed by atoms with Crippen LogP contribution >= 0.6 is 0 Å². The molecule has 1 heterocycles. The monoisotopic (exact) mass is 284 g/mol. The molecule has 0 amide bonds. The topological polar surface area (TPSA) is 55.9 Å². The molecule has 1 fully saturated rings. The number of aromatic nitrogens is 2. The fraction of sp³-hybridized carbons (Fsp3) is 0.471. The summed E-state index contributed by atoms with van der Waals surface area (Å²) in [6.45, 7) is 0. The van der Waals surface area contributed by atoms with Crippen LogP contribution in [0.1, 0.15) is 50.3 Å². The number of para-hydroxylation sites is 1. The molecule has 0 radical (unpaired) electrons. The first-order valence-corrected chi connectivity index (χ1v) is 7.94. The third kappa shape index (κ3) is 3.52. The second-order valence-corrected chi connectivity index (χ2v) is 5.98. The van der Waals surface area contributed by atoms with Crippen molar-refractivity contribution in [3.05, 3.63) is 48.3 Å². The zero-order valence-electron chi connectivity index (χ0n) is 12.4. The first-order valence-electron chi connectivity index (χ1n) is 7.94. The van der Waals surface area contributed by atoms with E-state index >= 15 is 0 Å². The van der Waals surface area contributed by atoms with E-state index in [1.54, 1.807) is 0 Å². The average Bonchev–Trinajstić information content (AvgIpc) is 3.04. The highest BCUT2D eigenvalue weighted by Crippen LogP contribution is 2.31. The van der Waals surface area contributed by atoms with Gasteiger partial charge in [0.25, 0.3) is 0 Å². The minimum Gasteiger partial charge on any atom is -0.271 e. The summed E-state index contributed by atoms with van der Waals surface area (Å²) in [4.78, 5) is 0. The molecule has 1 aromatic heterocycles. The van der Waals surface area contributed by atoms with Crippen molar-refractivity contribution >= 4 is 0 Å². The van der Waals surface area contributed by atoms with Gasteiger partial charge in [0, 0.05) is 6.20 Å². The Bertz CT molecular complexity index is 543. The molecule has 1 saturated carbocycles. The van der Waals surface area contributed by atoms with Gasteiger partial charge in [-0.2, -0.15) is 5.10 Å². The largest absolute Gasteiger partial charge is 0.271 e. The fourth-order valence-electron chi connectivity index (χ4n) is 3.28. The quantitative estimate of drug-likeness (QED) is 0.654. The Labute approximate surface area is 126 Å². The molecule has 1 atom stereocenters. The lowest BCUT2D eigenvalue weighted by Gasteiger charge is -2.25. The normalized spacial score (nSPS) is 17.8. The third-order valence-corrected chi connectivity index (χ3v) is 4.48. The number of hydrogen-bond acceptors (Lipinski definition) is 3. The van der Waals surface area contributed by atoms with Crippen LogP contribution in [0.4, 0.5) is 0 Å². The summed E-state index contributed by atoms with van der Waals surface area (Å²) >= 11 is 0. The number of nitrogens with two attached hydrogens (primary N) is 1. The molecular formula is C17H24N4.